The number of fused-ring (bicyclic) bond motifs is 3. The van der Waals surface area contributed by atoms with Crippen molar-refractivity contribution in [2.75, 3.05) is 0 Å². The monoisotopic (exact) mass is 534 g/mol. The van der Waals surface area contributed by atoms with E-state index in [0.717, 1.165) is 0 Å². The normalized spacial score (nSPS) is 14.0. The third-order valence-electron chi connectivity index (χ3n) is 8.98. The number of hydrogen-bond acceptors (Lipinski definition) is 0. The maximum Gasteiger partial charge on any atom is 0.0159 e. The van der Waals surface area contributed by atoms with Crippen molar-refractivity contribution in [1.29, 1.82) is 0 Å². The Morgan fingerprint density at radius 3 is 1.54 bits per heavy atom. The van der Waals surface area contributed by atoms with E-state index >= 15 is 0 Å². The standard InChI is InChI=1S/C41H42/c1-39(2,3)32-20-21-34-36(25-32)41(7,8)37-26-33(40(4,5)6)24-35(38(34)37)31-19-13-18-30(23-31)29-17-12-16-28(22-29)27-14-10-9-11-15-27/h9-26H,1-8H3. The van der Waals surface area contributed by atoms with Gasteiger partial charge >= 0.3 is 0 Å². The van der Waals surface area contributed by atoms with Crippen LogP contribution in [0.3, 0.4) is 0 Å². The van der Waals surface area contributed by atoms with Crippen molar-refractivity contribution in [2.24, 2.45) is 0 Å². The van der Waals surface area contributed by atoms with Crippen molar-refractivity contribution in [3.63, 3.8) is 0 Å². The van der Waals surface area contributed by atoms with Crippen LogP contribution < -0.4 is 0 Å². The van der Waals surface area contributed by atoms with Gasteiger partial charge in [0.2, 0.25) is 0 Å². The van der Waals surface area contributed by atoms with Crippen LogP contribution >= 0.6 is 0 Å². The fraction of sp³-hybridized carbons (Fsp3) is 0.268. The summed E-state index contributed by atoms with van der Waals surface area (Å²) >= 11 is 0. The topological polar surface area (TPSA) is 0 Å². The second kappa shape index (κ2) is 9.59. The molecule has 0 N–H and O–H groups in total. The molecule has 206 valence electrons. The summed E-state index contributed by atoms with van der Waals surface area (Å²) < 4.78 is 0. The number of hydrogen-bond donors (Lipinski definition) is 0. The lowest BCUT2D eigenvalue weighted by molar-refractivity contribution is 0.580. The number of rotatable bonds is 3. The van der Waals surface area contributed by atoms with Crippen LogP contribution in [-0.4, -0.2) is 0 Å². The molecule has 6 rings (SSSR count). The molecular formula is C41H42. The van der Waals surface area contributed by atoms with E-state index in [4.69, 9.17) is 0 Å². The van der Waals surface area contributed by atoms with Crippen LogP contribution in [0.15, 0.2) is 109 Å². The Morgan fingerprint density at radius 2 is 0.927 bits per heavy atom. The van der Waals surface area contributed by atoms with Gasteiger partial charge in [-0.15, -0.1) is 0 Å². The van der Waals surface area contributed by atoms with E-state index in [1.54, 1.807) is 0 Å². The second-order valence-corrected chi connectivity index (χ2v) is 14.4. The fourth-order valence-electron chi connectivity index (χ4n) is 6.35. The first-order chi connectivity index (χ1) is 19.3. The largest absolute Gasteiger partial charge is 0.0622 e. The Labute approximate surface area is 247 Å². The summed E-state index contributed by atoms with van der Waals surface area (Å²) in [6.07, 6.45) is 0. The van der Waals surface area contributed by atoms with Crippen molar-refractivity contribution in [2.45, 2.75) is 71.6 Å². The summed E-state index contributed by atoms with van der Waals surface area (Å²) in [6, 6.07) is 40.9. The minimum atomic E-state index is -0.0659. The van der Waals surface area contributed by atoms with Crippen LogP contribution in [0.25, 0.3) is 44.5 Å². The molecule has 1 aliphatic rings. The molecule has 0 heterocycles. The van der Waals surface area contributed by atoms with Crippen LogP contribution in [-0.2, 0) is 16.2 Å². The second-order valence-electron chi connectivity index (χ2n) is 14.4. The van der Waals surface area contributed by atoms with Crippen molar-refractivity contribution >= 4 is 0 Å². The number of benzene rings is 5. The summed E-state index contributed by atoms with van der Waals surface area (Å²) in [6.45, 7) is 18.7. The van der Waals surface area contributed by atoms with Gasteiger partial charge in [0, 0.05) is 5.41 Å². The summed E-state index contributed by atoms with van der Waals surface area (Å²) in [4.78, 5) is 0. The molecule has 0 spiro atoms. The zero-order valence-corrected chi connectivity index (χ0v) is 25.9. The van der Waals surface area contributed by atoms with Crippen LogP contribution in [0.5, 0.6) is 0 Å². The first kappa shape index (κ1) is 27.3. The van der Waals surface area contributed by atoms with Crippen LogP contribution in [0.2, 0.25) is 0 Å². The Kier molecular flexibility index (Phi) is 6.38. The van der Waals surface area contributed by atoms with Gasteiger partial charge in [-0.05, 0) is 95.8 Å². The minimum Gasteiger partial charge on any atom is -0.0622 e. The lowest BCUT2D eigenvalue weighted by Crippen LogP contribution is -2.19. The molecule has 0 saturated heterocycles. The lowest BCUT2D eigenvalue weighted by Gasteiger charge is -2.27. The van der Waals surface area contributed by atoms with E-state index in [9.17, 15) is 0 Å². The maximum atomic E-state index is 2.49. The molecule has 41 heavy (non-hydrogen) atoms. The predicted molar refractivity (Wildman–Crippen MR) is 178 cm³/mol. The van der Waals surface area contributed by atoms with E-state index in [2.05, 4.69) is 165 Å². The summed E-state index contributed by atoms with van der Waals surface area (Å²) in [5.41, 5.74) is 16.1. The molecule has 5 aromatic carbocycles. The molecule has 0 aliphatic heterocycles. The third kappa shape index (κ3) is 4.84. The van der Waals surface area contributed by atoms with Gasteiger partial charge in [-0.1, -0.05) is 146 Å². The van der Waals surface area contributed by atoms with Crippen molar-refractivity contribution in [3.8, 4) is 44.5 Å². The Hall–Kier alpha value is -3.90. The molecule has 0 amide bonds. The molecule has 0 fully saturated rings. The van der Waals surface area contributed by atoms with Gasteiger partial charge in [-0.25, -0.2) is 0 Å². The van der Waals surface area contributed by atoms with Crippen LogP contribution in [0.1, 0.15) is 77.6 Å². The van der Waals surface area contributed by atoms with Gasteiger partial charge in [0.1, 0.15) is 0 Å². The molecule has 0 nitrogen and oxygen atoms in total. The smallest absolute Gasteiger partial charge is 0.0159 e. The summed E-state index contributed by atoms with van der Waals surface area (Å²) in [7, 11) is 0. The average molecular weight is 535 g/mol. The average Bonchev–Trinajstić information content (AvgIpc) is 3.18. The highest BCUT2D eigenvalue weighted by atomic mass is 14.4. The van der Waals surface area contributed by atoms with E-state index in [1.807, 2.05) is 0 Å². The van der Waals surface area contributed by atoms with Gasteiger partial charge < -0.3 is 0 Å². The third-order valence-corrected chi connectivity index (χ3v) is 8.98. The Bertz CT molecular complexity index is 1750. The van der Waals surface area contributed by atoms with E-state index < -0.39 is 0 Å². The highest BCUT2D eigenvalue weighted by Crippen LogP contribution is 2.54. The van der Waals surface area contributed by atoms with E-state index in [0.29, 0.717) is 0 Å². The SMILES string of the molecule is CC(C)(C)c1ccc2c(c1)C(C)(C)c1cc(C(C)(C)C)cc(-c3cccc(-c4cccc(-c5ccccc5)c4)c3)c1-2. The zero-order chi connectivity index (χ0) is 29.2. The van der Waals surface area contributed by atoms with Gasteiger partial charge in [0.15, 0.2) is 0 Å². The predicted octanol–water partition coefficient (Wildman–Crippen LogP) is 11.6. The van der Waals surface area contributed by atoms with Gasteiger partial charge in [-0.2, -0.15) is 0 Å². The molecule has 0 unspecified atom stereocenters. The molecule has 5 aromatic rings. The zero-order valence-electron chi connectivity index (χ0n) is 25.9. The van der Waals surface area contributed by atoms with Gasteiger partial charge in [0.05, 0.1) is 0 Å². The first-order valence-electron chi connectivity index (χ1n) is 14.9. The highest BCUT2D eigenvalue weighted by Gasteiger charge is 2.39. The molecule has 1 aliphatic carbocycles. The van der Waals surface area contributed by atoms with Crippen LogP contribution in [0.4, 0.5) is 0 Å². The molecule has 0 aromatic heterocycles. The maximum absolute atomic E-state index is 2.49. The quantitative estimate of drug-likeness (QED) is 0.216. The first-order valence-corrected chi connectivity index (χ1v) is 14.9. The molecular weight excluding hydrogens is 492 g/mol. The minimum absolute atomic E-state index is 0.0484. The molecule has 0 heteroatoms. The highest BCUT2D eigenvalue weighted by molar-refractivity contribution is 5.94. The van der Waals surface area contributed by atoms with Gasteiger partial charge in [0.25, 0.3) is 0 Å². The molecule has 0 saturated carbocycles. The van der Waals surface area contributed by atoms with E-state index in [1.165, 1.54) is 66.8 Å². The molecule has 0 atom stereocenters. The fourth-order valence-corrected chi connectivity index (χ4v) is 6.35. The Morgan fingerprint density at radius 1 is 0.415 bits per heavy atom. The summed E-state index contributed by atoms with van der Waals surface area (Å²) in [5, 5.41) is 0. The Balaban J connectivity index is 1.55. The van der Waals surface area contributed by atoms with Crippen molar-refractivity contribution < 1.29 is 0 Å². The molecule has 0 bridgehead atoms. The van der Waals surface area contributed by atoms with Crippen molar-refractivity contribution in [3.05, 3.63) is 131 Å². The van der Waals surface area contributed by atoms with Crippen molar-refractivity contribution in [1.82, 2.24) is 0 Å². The van der Waals surface area contributed by atoms with Crippen LogP contribution in [0, 0.1) is 0 Å². The lowest BCUT2D eigenvalue weighted by atomic mass is 9.76. The molecule has 0 radical (unpaired) electrons. The van der Waals surface area contributed by atoms with E-state index in [-0.39, 0.29) is 16.2 Å². The van der Waals surface area contributed by atoms with Gasteiger partial charge in [-0.3, -0.25) is 0 Å². The summed E-state index contributed by atoms with van der Waals surface area (Å²) in [5.74, 6) is 0.